The summed E-state index contributed by atoms with van der Waals surface area (Å²) in [6.45, 7) is 3.63. The number of ether oxygens (including phenoxy) is 2. The van der Waals surface area contributed by atoms with Crippen molar-refractivity contribution in [3.63, 3.8) is 0 Å². The second-order valence-electron chi connectivity index (χ2n) is 15.4. The van der Waals surface area contributed by atoms with Gasteiger partial charge in [-0.2, -0.15) is 0 Å². The van der Waals surface area contributed by atoms with E-state index in [1.54, 1.807) is 0 Å². The molecular weight excluding hydrogens is 723 g/mol. The van der Waals surface area contributed by atoms with E-state index in [4.69, 9.17) is 19.3 Å². The Morgan fingerprint density at radius 1 is 0.464 bits per heavy atom. The van der Waals surface area contributed by atoms with Crippen molar-refractivity contribution in [2.24, 2.45) is 0 Å². The summed E-state index contributed by atoms with van der Waals surface area (Å²) in [4.78, 5) is 42.9. The van der Waals surface area contributed by atoms with Crippen molar-refractivity contribution in [3.8, 4) is 0 Å². The quantitative estimate of drug-likeness (QED) is 0.0271. The Hall–Kier alpha value is -1.99. The summed E-state index contributed by atoms with van der Waals surface area (Å²) in [6, 6.07) is 0. The van der Waals surface area contributed by atoms with Gasteiger partial charge in [0, 0.05) is 12.8 Å². The highest BCUT2D eigenvalue weighted by atomic mass is 31.2. The van der Waals surface area contributed by atoms with Gasteiger partial charge in [-0.3, -0.25) is 14.1 Å². The van der Waals surface area contributed by atoms with Gasteiger partial charge in [0.1, 0.15) is 6.61 Å². The maximum absolute atomic E-state index is 12.4. The fourth-order valence-corrected chi connectivity index (χ4v) is 6.79. The van der Waals surface area contributed by atoms with E-state index in [-0.39, 0.29) is 19.4 Å². The van der Waals surface area contributed by atoms with Crippen LogP contribution in [0, 0.1) is 0 Å². The molecule has 0 aromatic carbocycles. The Morgan fingerprint density at radius 2 is 0.821 bits per heavy atom. The van der Waals surface area contributed by atoms with Crippen LogP contribution in [0.15, 0.2) is 48.6 Å². The number of hydrogen-bond donors (Lipinski definition) is 2. The topological polar surface area (TPSA) is 119 Å². The zero-order chi connectivity index (χ0) is 41.1. The Balaban J connectivity index is 3.92. The molecule has 0 aromatic heterocycles. The Kier molecular flexibility index (Phi) is 41.1. The monoisotopic (exact) mass is 809 g/mol. The van der Waals surface area contributed by atoms with Gasteiger partial charge in [0.15, 0.2) is 6.10 Å². The van der Waals surface area contributed by atoms with Gasteiger partial charge >= 0.3 is 19.8 Å². The number of hydrogen-bond acceptors (Lipinski definition) is 6. The summed E-state index contributed by atoms with van der Waals surface area (Å²) >= 11 is 0. The fourth-order valence-electron chi connectivity index (χ4n) is 6.43. The number of carbonyl (C=O) groups is 2. The average Bonchev–Trinajstić information content (AvgIpc) is 3.17. The molecule has 0 aromatic rings. The molecule has 0 unspecified atom stereocenters. The maximum atomic E-state index is 12.4. The first kappa shape index (κ1) is 54.0. The number of esters is 2. The number of rotatable bonds is 42. The summed E-state index contributed by atoms with van der Waals surface area (Å²) in [5.41, 5.74) is 0. The molecule has 0 fully saturated rings. The molecule has 0 heterocycles. The van der Waals surface area contributed by atoms with Crippen LogP contribution in [0.25, 0.3) is 0 Å². The fraction of sp³-hybridized carbons (Fsp3) is 0.787. The van der Waals surface area contributed by atoms with Crippen molar-refractivity contribution in [2.45, 2.75) is 225 Å². The Bertz CT molecular complexity index is 1050. The van der Waals surface area contributed by atoms with Gasteiger partial charge in [-0.1, -0.05) is 204 Å². The third kappa shape index (κ3) is 44.7. The predicted molar refractivity (Wildman–Crippen MR) is 234 cm³/mol. The predicted octanol–water partition coefficient (Wildman–Crippen LogP) is 14.3. The maximum Gasteiger partial charge on any atom is 0.469 e. The van der Waals surface area contributed by atoms with Crippen LogP contribution >= 0.6 is 7.82 Å². The van der Waals surface area contributed by atoms with E-state index in [9.17, 15) is 14.2 Å². The van der Waals surface area contributed by atoms with Crippen LogP contribution in [-0.4, -0.2) is 41.0 Å². The van der Waals surface area contributed by atoms with Crippen LogP contribution < -0.4 is 0 Å². The molecule has 0 aliphatic rings. The van der Waals surface area contributed by atoms with E-state index in [1.165, 1.54) is 135 Å². The highest BCUT2D eigenvalue weighted by molar-refractivity contribution is 7.46. The lowest BCUT2D eigenvalue weighted by Crippen LogP contribution is -2.29. The number of allylic oxidation sites excluding steroid dienone is 8. The van der Waals surface area contributed by atoms with Gasteiger partial charge in [0.05, 0.1) is 6.61 Å². The molecule has 0 amide bonds. The Morgan fingerprint density at radius 3 is 1.25 bits per heavy atom. The largest absolute Gasteiger partial charge is 0.469 e. The zero-order valence-corrected chi connectivity index (χ0v) is 36.9. The zero-order valence-electron chi connectivity index (χ0n) is 36.0. The smallest absolute Gasteiger partial charge is 0.462 e. The lowest BCUT2D eigenvalue weighted by atomic mass is 10.0. The third-order valence-electron chi connectivity index (χ3n) is 9.85. The van der Waals surface area contributed by atoms with E-state index in [2.05, 4.69) is 60.9 Å². The SMILES string of the molecule is CCCCC/C=C\C/C=C\C/C=C\C/C=C\CCCC(=O)OC[C@H](COP(=O)(O)O)OC(=O)CCCCCCCCCCCCCCCCCCCCCCC. The second kappa shape index (κ2) is 42.6. The number of phosphoric ester groups is 1. The molecule has 0 aliphatic carbocycles. The number of unbranched alkanes of at least 4 members (excludes halogenated alkanes) is 24. The van der Waals surface area contributed by atoms with Gasteiger partial charge in [-0.15, -0.1) is 0 Å². The lowest BCUT2D eigenvalue weighted by molar-refractivity contribution is -0.161. The minimum Gasteiger partial charge on any atom is -0.462 e. The van der Waals surface area contributed by atoms with Crippen LogP contribution in [0.5, 0.6) is 0 Å². The molecule has 2 N–H and O–H groups in total. The van der Waals surface area contributed by atoms with Crippen LogP contribution in [0.3, 0.4) is 0 Å². The normalized spacial score (nSPS) is 12.9. The van der Waals surface area contributed by atoms with E-state index in [1.807, 2.05) is 6.08 Å². The van der Waals surface area contributed by atoms with E-state index < -0.39 is 32.5 Å². The number of carbonyl (C=O) groups excluding carboxylic acids is 2. The molecule has 9 heteroatoms. The first-order valence-electron chi connectivity index (χ1n) is 22.9. The first-order valence-corrected chi connectivity index (χ1v) is 24.5. The summed E-state index contributed by atoms with van der Waals surface area (Å²) in [6.07, 6.45) is 52.7. The van der Waals surface area contributed by atoms with E-state index in [0.717, 1.165) is 44.9 Å². The molecule has 0 bridgehead atoms. The highest BCUT2D eigenvalue weighted by Gasteiger charge is 2.22. The third-order valence-corrected chi connectivity index (χ3v) is 10.3. The van der Waals surface area contributed by atoms with Gasteiger partial charge in [-0.05, 0) is 51.4 Å². The minimum atomic E-state index is -4.77. The summed E-state index contributed by atoms with van der Waals surface area (Å²) in [5.74, 6) is -0.943. The van der Waals surface area contributed by atoms with Crippen LogP contribution in [-0.2, 0) is 28.2 Å². The molecule has 0 aliphatic heterocycles. The number of phosphoric acid groups is 1. The minimum absolute atomic E-state index is 0.192. The highest BCUT2D eigenvalue weighted by Crippen LogP contribution is 2.36. The molecule has 1 atom stereocenters. The van der Waals surface area contributed by atoms with Gasteiger partial charge in [-0.25, -0.2) is 4.57 Å². The molecule has 326 valence electrons. The summed E-state index contributed by atoms with van der Waals surface area (Å²) in [5, 5.41) is 0. The Labute approximate surface area is 344 Å². The van der Waals surface area contributed by atoms with Crippen LogP contribution in [0.1, 0.15) is 219 Å². The van der Waals surface area contributed by atoms with Crippen molar-refractivity contribution >= 4 is 19.8 Å². The summed E-state index contributed by atoms with van der Waals surface area (Å²) in [7, 11) is -4.77. The van der Waals surface area contributed by atoms with Crippen LogP contribution in [0.4, 0.5) is 0 Å². The molecule has 0 spiro atoms. The molecule has 56 heavy (non-hydrogen) atoms. The molecule has 0 saturated heterocycles. The summed E-state index contributed by atoms with van der Waals surface area (Å²) < 4.78 is 26.4. The molecule has 8 nitrogen and oxygen atoms in total. The van der Waals surface area contributed by atoms with E-state index in [0.29, 0.717) is 12.8 Å². The van der Waals surface area contributed by atoms with Crippen molar-refractivity contribution in [1.82, 2.24) is 0 Å². The molecule has 0 saturated carbocycles. The van der Waals surface area contributed by atoms with Crippen molar-refractivity contribution in [3.05, 3.63) is 48.6 Å². The van der Waals surface area contributed by atoms with Crippen LogP contribution in [0.2, 0.25) is 0 Å². The molecular formula is C47H85O8P. The lowest BCUT2D eigenvalue weighted by Gasteiger charge is -2.18. The van der Waals surface area contributed by atoms with E-state index >= 15 is 0 Å². The molecule has 0 rings (SSSR count). The average molecular weight is 809 g/mol. The van der Waals surface area contributed by atoms with Crippen molar-refractivity contribution in [2.75, 3.05) is 13.2 Å². The second-order valence-corrected chi connectivity index (χ2v) is 16.6. The van der Waals surface area contributed by atoms with Gasteiger partial charge in [0.2, 0.25) is 0 Å². The standard InChI is InChI=1S/C47H85O8P/c1-3-5-7-9-11-13-15-17-19-21-22-23-24-26-28-30-32-34-36-38-40-42-47(49)55-45(44-54-56(50,51)52)43-53-46(48)41-39-37-35-33-31-29-27-25-20-18-16-14-12-10-8-6-4-2/h12,14,18,20,27,29,33,35,45H,3-11,13,15-17,19,21-26,28,30-32,34,36-44H2,1-2H3,(H2,50,51,52)/b14-12-,20-18-,29-27-,35-33-/t45-/m1/s1. The van der Waals surface area contributed by atoms with Crippen molar-refractivity contribution < 1.29 is 37.9 Å². The van der Waals surface area contributed by atoms with Crippen molar-refractivity contribution in [1.29, 1.82) is 0 Å². The molecule has 0 radical (unpaired) electrons. The van der Waals surface area contributed by atoms with Gasteiger partial charge < -0.3 is 19.3 Å². The van der Waals surface area contributed by atoms with Gasteiger partial charge in [0.25, 0.3) is 0 Å². The first-order chi connectivity index (χ1) is 27.3.